The van der Waals surface area contributed by atoms with Gasteiger partial charge >= 0.3 is 0 Å². The van der Waals surface area contributed by atoms with Crippen LogP contribution in [0.1, 0.15) is 16.8 Å². The van der Waals surface area contributed by atoms with Gasteiger partial charge < -0.3 is 14.6 Å². The Morgan fingerprint density at radius 3 is 2.74 bits per heavy atom. The SMILES string of the molecule is Cc1ccc(C(CN)Sc2nc3ccccc3o2)o1. The van der Waals surface area contributed by atoms with E-state index in [9.17, 15) is 0 Å². The minimum absolute atomic E-state index is 0.0155. The Morgan fingerprint density at radius 1 is 1.21 bits per heavy atom. The average Bonchev–Trinajstić information content (AvgIpc) is 3.01. The van der Waals surface area contributed by atoms with Crippen LogP contribution in [0.2, 0.25) is 0 Å². The molecular weight excluding hydrogens is 260 g/mol. The van der Waals surface area contributed by atoms with Crippen molar-refractivity contribution in [1.29, 1.82) is 0 Å². The van der Waals surface area contributed by atoms with Crippen LogP contribution < -0.4 is 5.73 Å². The summed E-state index contributed by atoms with van der Waals surface area (Å²) in [5.41, 5.74) is 7.45. The Morgan fingerprint density at radius 2 is 2.05 bits per heavy atom. The molecule has 3 aromatic rings. The van der Waals surface area contributed by atoms with Crippen LogP contribution in [0.3, 0.4) is 0 Å². The lowest BCUT2D eigenvalue weighted by Gasteiger charge is -2.08. The number of hydrogen-bond acceptors (Lipinski definition) is 5. The van der Waals surface area contributed by atoms with Gasteiger partial charge in [0.15, 0.2) is 5.58 Å². The predicted octanol–water partition coefficient (Wildman–Crippen LogP) is 3.52. The second-order valence-electron chi connectivity index (χ2n) is 4.24. The van der Waals surface area contributed by atoms with Gasteiger partial charge in [0.2, 0.25) is 0 Å². The fraction of sp³-hybridized carbons (Fsp3) is 0.214. The van der Waals surface area contributed by atoms with Gasteiger partial charge in [0, 0.05) is 6.54 Å². The van der Waals surface area contributed by atoms with E-state index in [1.807, 2.05) is 43.3 Å². The predicted molar refractivity (Wildman–Crippen MR) is 75.1 cm³/mol. The quantitative estimate of drug-likeness (QED) is 0.737. The van der Waals surface area contributed by atoms with Gasteiger partial charge in [0.25, 0.3) is 5.22 Å². The van der Waals surface area contributed by atoms with Crippen molar-refractivity contribution in [1.82, 2.24) is 4.98 Å². The third-order valence-electron chi connectivity index (χ3n) is 2.81. The summed E-state index contributed by atoms with van der Waals surface area (Å²) in [5.74, 6) is 1.74. The monoisotopic (exact) mass is 274 g/mol. The molecule has 0 saturated heterocycles. The van der Waals surface area contributed by atoms with Crippen LogP contribution >= 0.6 is 11.8 Å². The molecule has 0 bridgehead atoms. The van der Waals surface area contributed by atoms with Crippen LogP contribution in [0.25, 0.3) is 11.1 Å². The summed E-state index contributed by atoms with van der Waals surface area (Å²) >= 11 is 1.48. The molecule has 0 aliphatic heterocycles. The Hall–Kier alpha value is -1.72. The van der Waals surface area contributed by atoms with Gasteiger partial charge in [-0.25, -0.2) is 4.98 Å². The highest BCUT2D eigenvalue weighted by Crippen LogP contribution is 2.36. The number of oxazole rings is 1. The number of thioether (sulfide) groups is 1. The molecule has 0 saturated carbocycles. The molecule has 0 amide bonds. The Kier molecular flexibility index (Phi) is 3.31. The zero-order chi connectivity index (χ0) is 13.2. The maximum Gasteiger partial charge on any atom is 0.257 e. The highest BCUT2D eigenvalue weighted by molar-refractivity contribution is 7.99. The van der Waals surface area contributed by atoms with Gasteiger partial charge in [0.05, 0.1) is 5.25 Å². The standard InChI is InChI=1S/C14H14N2O2S/c1-9-6-7-12(17-9)13(8-15)19-14-16-10-4-2-3-5-11(10)18-14/h2-7,13H,8,15H2,1H3. The number of aromatic nitrogens is 1. The van der Waals surface area contributed by atoms with Crippen molar-refractivity contribution in [3.63, 3.8) is 0 Å². The van der Waals surface area contributed by atoms with Crippen molar-refractivity contribution in [3.05, 3.63) is 47.9 Å². The molecule has 4 nitrogen and oxygen atoms in total. The third kappa shape index (κ3) is 2.52. The number of aryl methyl sites for hydroxylation is 1. The van der Waals surface area contributed by atoms with Gasteiger partial charge in [-0.15, -0.1) is 0 Å². The normalized spacial score (nSPS) is 12.9. The van der Waals surface area contributed by atoms with E-state index >= 15 is 0 Å². The molecule has 1 aromatic carbocycles. The molecule has 2 N–H and O–H groups in total. The maximum absolute atomic E-state index is 5.81. The zero-order valence-electron chi connectivity index (χ0n) is 10.5. The Balaban J connectivity index is 1.86. The lowest BCUT2D eigenvalue weighted by Crippen LogP contribution is -2.08. The second-order valence-corrected chi connectivity index (χ2v) is 5.39. The largest absolute Gasteiger partial charge is 0.465 e. The molecule has 3 rings (SSSR count). The molecule has 2 aromatic heterocycles. The van der Waals surface area contributed by atoms with Crippen LogP contribution in [-0.4, -0.2) is 11.5 Å². The van der Waals surface area contributed by atoms with Crippen LogP contribution in [0.15, 0.2) is 50.5 Å². The van der Waals surface area contributed by atoms with E-state index in [1.54, 1.807) is 0 Å². The van der Waals surface area contributed by atoms with Crippen LogP contribution in [-0.2, 0) is 0 Å². The first-order chi connectivity index (χ1) is 9.26. The van der Waals surface area contributed by atoms with Crippen molar-refractivity contribution < 1.29 is 8.83 Å². The van der Waals surface area contributed by atoms with E-state index in [2.05, 4.69) is 4.98 Å². The summed E-state index contributed by atoms with van der Waals surface area (Å²) < 4.78 is 11.3. The fourth-order valence-corrected chi connectivity index (χ4v) is 2.74. The first-order valence-electron chi connectivity index (χ1n) is 6.05. The number of nitrogens with zero attached hydrogens (tertiary/aromatic N) is 1. The lowest BCUT2D eigenvalue weighted by molar-refractivity contribution is 0.470. The Bertz CT molecular complexity index is 656. The molecule has 0 aliphatic rings. The van der Waals surface area contributed by atoms with Gasteiger partial charge in [0.1, 0.15) is 17.0 Å². The Labute approximate surface area is 115 Å². The molecule has 0 spiro atoms. The summed E-state index contributed by atoms with van der Waals surface area (Å²) in [7, 11) is 0. The average molecular weight is 274 g/mol. The van der Waals surface area contributed by atoms with Crippen LogP contribution in [0, 0.1) is 6.92 Å². The van der Waals surface area contributed by atoms with Crippen LogP contribution in [0.5, 0.6) is 0 Å². The minimum atomic E-state index is 0.0155. The van der Waals surface area contributed by atoms with Gasteiger partial charge in [-0.3, -0.25) is 0 Å². The summed E-state index contributed by atoms with van der Waals surface area (Å²) in [6.07, 6.45) is 0. The fourth-order valence-electron chi connectivity index (χ4n) is 1.87. The molecular formula is C14H14N2O2S. The molecule has 5 heteroatoms. The van der Waals surface area contributed by atoms with E-state index in [1.165, 1.54) is 11.8 Å². The summed E-state index contributed by atoms with van der Waals surface area (Å²) in [6.45, 7) is 2.39. The molecule has 0 fully saturated rings. The molecule has 98 valence electrons. The zero-order valence-corrected chi connectivity index (χ0v) is 11.3. The lowest BCUT2D eigenvalue weighted by atomic mass is 10.3. The van der Waals surface area contributed by atoms with Crippen molar-refractivity contribution in [2.24, 2.45) is 5.73 Å². The highest BCUT2D eigenvalue weighted by atomic mass is 32.2. The third-order valence-corrected chi connectivity index (χ3v) is 3.90. The summed E-state index contributed by atoms with van der Waals surface area (Å²) in [5, 5.41) is 0.632. The smallest absolute Gasteiger partial charge is 0.257 e. The summed E-state index contributed by atoms with van der Waals surface area (Å²) in [4.78, 5) is 4.43. The second kappa shape index (κ2) is 5.11. The molecule has 1 atom stereocenters. The topological polar surface area (TPSA) is 65.2 Å². The van der Waals surface area contributed by atoms with E-state index in [0.29, 0.717) is 11.8 Å². The highest BCUT2D eigenvalue weighted by Gasteiger charge is 2.18. The first-order valence-corrected chi connectivity index (χ1v) is 6.93. The maximum atomic E-state index is 5.81. The van der Waals surface area contributed by atoms with Crippen molar-refractivity contribution in [2.45, 2.75) is 17.4 Å². The molecule has 0 aliphatic carbocycles. The number of hydrogen-bond donors (Lipinski definition) is 1. The van der Waals surface area contributed by atoms with Gasteiger partial charge in [-0.2, -0.15) is 0 Å². The van der Waals surface area contributed by atoms with Gasteiger partial charge in [-0.1, -0.05) is 23.9 Å². The van der Waals surface area contributed by atoms with E-state index in [0.717, 1.165) is 22.6 Å². The number of rotatable bonds is 4. The van der Waals surface area contributed by atoms with Crippen molar-refractivity contribution in [3.8, 4) is 0 Å². The molecule has 19 heavy (non-hydrogen) atoms. The van der Waals surface area contributed by atoms with Crippen molar-refractivity contribution >= 4 is 22.9 Å². The van der Waals surface area contributed by atoms with Crippen LogP contribution in [0.4, 0.5) is 0 Å². The number of nitrogens with two attached hydrogens (primary N) is 1. The number of fused-ring (bicyclic) bond motifs is 1. The number of benzene rings is 1. The first kappa shape index (κ1) is 12.3. The van der Waals surface area contributed by atoms with Gasteiger partial charge in [-0.05, 0) is 31.2 Å². The minimum Gasteiger partial charge on any atom is -0.465 e. The molecule has 1 unspecified atom stereocenters. The van der Waals surface area contributed by atoms with Crippen molar-refractivity contribution in [2.75, 3.05) is 6.54 Å². The number of furan rings is 1. The summed E-state index contributed by atoms with van der Waals surface area (Å²) in [6, 6.07) is 11.6. The molecule has 0 radical (unpaired) electrons. The molecule has 2 heterocycles. The number of para-hydroxylation sites is 2. The van der Waals surface area contributed by atoms with E-state index < -0.39 is 0 Å². The van der Waals surface area contributed by atoms with E-state index in [-0.39, 0.29) is 5.25 Å². The van der Waals surface area contributed by atoms with E-state index in [4.69, 9.17) is 14.6 Å².